The summed E-state index contributed by atoms with van der Waals surface area (Å²) in [7, 11) is 2.04. The van der Waals surface area contributed by atoms with E-state index in [1.54, 1.807) is 0 Å². The van der Waals surface area contributed by atoms with Gasteiger partial charge in [0, 0.05) is 23.4 Å². The smallest absolute Gasteiger partial charge is 0.0513 e. The molecule has 1 N–H and O–H groups in total. The lowest BCUT2D eigenvalue weighted by atomic mass is 9.97. The molecule has 0 aromatic carbocycles. The van der Waals surface area contributed by atoms with Crippen molar-refractivity contribution < 1.29 is 4.74 Å². The van der Waals surface area contributed by atoms with Crippen LogP contribution >= 0.6 is 11.3 Å². The third-order valence-corrected chi connectivity index (χ3v) is 3.94. The number of hydrogen-bond donors (Lipinski definition) is 1. The van der Waals surface area contributed by atoms with Crippen molar-refractivity contribution in [2.24, 2.45) is 5.92 Å². The van der Waals surface area contributed by atoms with Crippen LogP contribution in [0.2, 0.25) is 0 Å². The van der Waals surface area contributed by atoms with Crippen molar-refractivity contribution in [1.82, 2.24) is 5.32 Å². The largest absolute Gasteiger partial charge is 0.381 e. The van der Waals surface area contributed by atoms with Crippen LogP contribution in [0.25, 0.3) is 0 Å². The highest BCUT2D eigenvalue weighted by Gasteiger charge is 2.26. The minimum Gasteiger partial charge on any atom is -0.381 e. The molecule has 2 atom stereocenters. The predicted molar refractivity (Wildman–Crippen MR) is 59.8 cm³/mol. The summed E-state index contributed by atoms with van der Waals surface area (Å²) in [6.45, 7) is 3.98. The number of aryl methyl sites for hydroxylation is 1. The minimum absolute atomic E-state index is 0.483. The van der Waals surface area contributed by atoms with Gasteiger partial charge in [0.05, 0.1) is 6.61 Å². The maximum atomic E-state index is 5.43. The Morgan fingerprint density at radius 2 is 2.50 bits per heavy atom. The molecule has 1 aliphatic rings. The van der Waals surface area contributed by atoms with Crippen LogP contribution in [0.1, 0.15) is 22.9 Å². The Morgan fingerprint density at radius 1 is 1.64 bits per heavy atom. The fourth-order valence-electron chi connectivity index (χ4n) is 2.04. The molecule has 0 amide bonds. The Kier molecular flexibility index (Phi) is 3.21. The summed E-state index contributed by atoms with van der Waals surface area (Å²) < 4.78 is 5.43. The molecule has 2 unspecified atom stereocenters. The van der Waals surface area contributed by atoms with E-state index in [0.717, 1.165) is 13.2 Å². The van der Waals surface area contributed by atoms with Gasteiger partial charge in [-0.1, -0.05) is 0 Å². The topological polar surface area (TPSA) is 21.3 Å². The molecule has 1 aliphatic heterocycles. The van der Waals surface area contributed by atoms with Crippen LogP contribution < -0.4 is 5.32 Å². The lowest BCUT2D eigenvalue weighted by Crippen LogP contribution is -2.24. The molecule has 0 saturated carbocycles. The highest BCUT2D eigenvalue weighted by Crippen LogP contribution is 2.31. The molecule has 1 aromatic rings. The van der Waals surface area contributed by atoms with Gasteiger partial charge < -0.3 is 10.1 Å². The van der Waals surface area contributed by atoms with Crippen molar-refractivity contribution in [3.05, 3.63) is 21.9 Å². The average molecular weight is 211 g/mol. The second-order valence-electron chi connectivity index (χ2n) is 3.92. The highest BCUT2D eigenvalue weighted by atomic mass is 32.1. The summed E-state index contributed by atoms with van der Waals surface area (Å²) in [5.74, 6) is 0.651. The van der Waals surface area contributed by atoms with Crippen molar-refractivity contribution in [2.45, 2.75) is 19.4 Å². The van der Waals surface area contributed by atoms with Crippen LogP contribution in [-0.2, 0) is 4.74 Å². The molecule has 0 radical (unpaired) electrons. The summed E-state index contributed by atoms with van der Waals surface area (Å²) in [6.07, 6.45) is 1.18. The van der Waals surface area contributed by atoms with Gasteiger partial charge in [0.25, 0.3) is 0 Å². The minimum atomic E-state index is 0.483. The molecule has 0 aliphatic carbocycles. The summed E-state index contributed by atoms with van der Waals surface area (Å²) >= 11 is 1.85. The molecule has 2 rings (SSSR count). The van der Waals surface area contributed by atoms with E-state index in [2.05, 4.69) is 23.7 Å². The molecule has 2 nitrogen and oxygen atoms in total. The fourth-order valence-corrected chi connectivity index (χ4v) is 3.14. The Balaban J connectivity index is 2.12. The second kappa shape index (κ2) is 4.43. The van der Waals surface area contributed by atoms with Gasteiger partial charge in [-0.2, -0.15) is 0 Å². The molecule has 0 spiro atoms. The van der Waals surface area contributed by atoms with Crippen LogP contribution in [0.3, 0.4) is 0 Å². The summed E-state index contributed by atoms with van der Waals surface area (Å²) in [5.41, 5.74) is 1.36. The number of thiophene rings is 1. The maximum Gasteiger partial charge on any atom is 0.0513 e. The van der Waals surface area contributed by atoms with Crippen molar-refractivity contribution in [3.8, 4) is 0 Å². The number of nitrogens with one attached hydrogen (secondary N) is 1. The highest BCUT2D eigenvalue weighted by molar-refractivity contribution is 7.10. The van der Waals surface area contributed by atoms with Crippen LogP contribution in [0.5, 0.6) is 0 Å². The molecule has 14 heavy (non-hydrogen) atoms. The van der Waals surface area contributed by atoms with Gasteiger partial charge in [-0.05, 0) is 37.4 Å². The van der Waals surface area contributed by atoms with Crippen molar-refractivity contribution >= 4 is 11.3 Å². The maximum absolute atomic E-state index is 5.43. The Hall–Kier alpha value is -0.380. The van der Waals surface area contributed by atoms with Gasteiger partial charge >= 0.3 is 0 Å². The van der Waals surface area contributed by atoms with Gasteiger partial charge in [0.2, 0.25) is 0 Å². The standard InChI is InChI=1S/C11H17NOS/c1-8-5-10(14-7-8)11(12-2)9-3-4-13-6-9/h5,7,9,11-12H,3-4,6H2,1-2H3. The monoisotopic (exact) mass is 211 g/mol. The van der Waals surface area contributed by atoms with Crippen molar-refractivity contribution in [2.75, 3.05) is 20.3 Å². The lowest BCUT2D eigenvalue weighted by molar-refractivity contribution is 0.178. The first-order chi connectivity index (χ1) is 6.81. The number of hydrogen-bond acceptors (Lipinski definition) is 3. The molecule has 1 aromatic heterocycles. The van der Waals surface area contributed by atoms with Crippen molar-refractivity contribution in [1.29, 1.82) is 0 Å². The third-order valence-electron chi connectivity index (χ3n) is 2.80. The van der Waals surface area contributed by atoms with Crippen LogP contribution in [-0.4, -0.2) is 20.3 Å². The quantitative estimate of drug-likeness (QED) is 0.828. The second-order valence-corrected chi connectivity index (χ2v) is 4.86. The van der Waals surface area contributed by atoms with Gasteiger partial charge in [-0.25, -0.2) is 0 Å². The van der Waals surface area contributed by atoms with E-state index in [0.29, 0.717) is 12.0 Å². The fraction of sp³-hybridized carbons (Fsp3) is 0.636. The van der Waals surface area contributed by atoms with E-state index in [-0.39, 0.29) is 0 Å². The predicted octanol–water partition coefficient (Wildman–Crippen LogP) is 2.35. The molecule has 1 fully saturated rings. The normalized spacial score (nSPS) is 24.0. The van der Waals surface area contributed by atoms with E-state index in [4.69, 9.17) is 4.74 Å². The zero-order valence-corrected chi connectivity index (χ0v) is 9.56. The zero-order chi connectivity index (χ0) is 9.97. The van der Waals surface area contributed by atoms with E-state index < -0.39 is 0 Å². The first-order valence-electron chi connectivity index (χ1n) is 5.11. The molecule has 1 saturated heterocycles. The van der Waals surface area contributed by atoms with E-state index in [9.17, 15) is 0 Å². The van der Waals surface area contributed by atoms with Gasteiger partial charge in [0.1, 0.15) is 0 Å². The average Bonchev–Trinajstić information content (AvgIpc) is 2.79. The Morgan fingerprint density at radius 3 is 3.00 bits per heavy atom. The Bertz CT molecular complexity index is 291. The molecule has 0 bridgehead atoms. The van der Waals surface area contributed by atoms with Gasteiger partial charge in [-0.3, -0.25) is 0 Å². The molecular formula is C11H17NOS. The first-order valence-corrected chi connectivity index (χ1v) is 5.99. The van der Waals surface area contributed by atoms with E-state index in [1.165, 1.54) is 16.9 Å². The van der Waals surface area contributed by atoms with Crippen LogP contribution in [0.4, 0.5) is 0 Å². The van der Waals surface area contributed by atoms with Crippen molar-refractivity contribution in [3.63, 3.8) is 0 Å². The number of rotatable bonds is 3. The van der Waals surface area contributed by atoms with Gasteiger partial charge in [0.15, 0.2) is 0 Å². The van der Waals surface area contributed by atoms with Crippen LogP contribution in [0.15, 0.2) is 11.4 Å². The van der Waals surface area contributed by atoms with E-state index >= 15 is 0 Å². The summed E-state index contributed by atoms with van der Waals surface area (Å²) in [5, 5.41) is 5.62. The first kappa shape index (κ1) is 10.1. The SMILES string of the molecule is CNC(c1cc(C)cs1)C1CCOC1. The van der Waals surface area contributed by atoms with Gasteiger partial charge in [-0.15, -0.1) is 11.3 Å². The molecule has 2 heterocycles. The summed E-state index contributed by atoms with van der Waals surface area (Å²) in [6, 6.07) is 2.76. The molecule has 3 heteroatoms. The zero-order valence-electron chi connectivity index (χ0n) is 8.75. The van der Waals surface area contributed by atoms with E-state index in [1.807, 2.05) is 18.4 Å². The van der Waals surface area contributed by atoms with Crippen LogP contribution in [0, 0.1) is 12.8 Å². The summed E-state index contributed by atoms with van der Waals surface area (Å²) in [4.78, 5) is 1.44. The third kappa shape index (κ3) is 2.00. The lowest BCUT2D eigenvalue weighted by Gasteiger charge is -2.20. The number of ether oxygens (including phenoxy) is 1. The molecular weight excluding hydrogens is 194 g/mol. The molecule has 78 valence electrons. The Labute approximate surface area is 89.3 Å².